The highest BCUT2D eigenvalue weighted by molar-refractivity contribution is 7.91. The average molecular weight is 545 g/mol. The quantitative estimate of drug-likeness (QED) is 0.399. The smallest absolute Gasteiger partial charge is 0.310 e. The fourth-order valence-corrected chi connectivity index (χ4v) is 5.82. The van der Waals surface area contributed by atoms with Gasteiger partial charge in [0.15, 0.2) is 0 Å². The van der Waals surface area contributed by atoms with Crippen molar-refractivity contribution in [2.45, 2.75) is 29.7 Å². The summed E-state index contributed by atoms with van der Waals surface area (Å²) in [6.07, 6.45) is 0.120. The van der Waals surface area contributed by atoms with E-state index in [1.54, 1.807) is 37.3 Å². The van der Waals surface area contributed by atoms with Crippen molar-refractivity contribution < 1.29 is 32.2 Å². The summed E-state index contributed by atoms with van der Waals surface area (Å²) in [6, 6.07) is 13.9. The second-order valence-electron chi connectivity index (χ2n) is 8.10. The Bertz CT molecular complexity index is 1440. The molecule has 194 valence electrons. The summed E-state index contributed by atoms with van der Waals surface area (Å²) in [7, 11) is -2.78. The Balaban J connectivity index is 1.67. The fourth-order valence-electron chi connectivity index (χ4n) is 3.87. The third-order valence-corrected chi connectivity index (χ3v) is 7.73. The topological polar surface area (TPSA) is 120 Å². The Labute approximate surface area is 219 Å². The van der Waals surface area contributed by atoms with Gasteiger partial charge in [0.05, 0.1) is 31.6 Å². The zero-order valence-corrected chi connectivity index (χ0v) is 21.7. The molecule has 1 aliphatic heterocycles. The molecule has 4 rings (SSSR count). The number of hydrogen-bond donors (Lipinski definition) is 2. The van der Waals surface area contributed by atoms with E-state index in [0.29, 0.717) is 23.5 Å². The van der Waals surface area contributed by atoms with Crippen LogP contribution < -0.4 is 15.4 Å². The van der Waals surface area contributed by atoms with E-state index in [-0.39, 0.29) is 51.9 Å². The van der Waals surface area contributed by atoms with E-state index < -0.39 is 15.7 Å². The first-order valence-corrected chi connectivity index (χ1v) is 13.2. The maximum atomic E-state index is 13.8. The number of anilines is 2. The Morgan fingerprint density at radius 3 is 2.54 bits per heavy atom. The normalized spacial score (nSPS) is 12.7. The SMILES string of the molecule is CCOC(=O)Cc1ccc(NC(=O)c2cc3c(c(S(=O)(=O)c4cc(Cl)ccc4OC)c2)COCN3)cc1. The molecule has 0 saturated heterocycles. The highest BCUT2D eigenvalue weighted by atomic mass is 35.5. The summed E-state index contributed by atoms with van der Waals surface area (Å²) in [5, 5.41) is 5.98. The lowest BCUT2D eigenvalue weighted by Gasteiger charge is -2.23. The van der Waals surface area contributed by atoms with Crippen LogP contribution in [-0.4, -0.2) is 40.7 Å². The van der Waals surface area contributed by atoms with E-state index in [9.17, 15) is 18.0 Å². The van der Waals surface area contributed by atoms with Gasteiger partial charge in [-0.05, 0) is 55.0 Å². The van der Waals surface area contributed by atoms with Crippen LogP contribution in [0.3, 0.4) is 0 Å². The zero-order chi connectivity index (χ0) is 26.6. The summed E-state index contributed by atoms with van der Waals surface area (Å²) >= 11 is 6.09. The second kappa shape index (κ2) is 11.2. The van der Waals surface area contributed by atoms with Crippen LogP contribution in [0, 0.1) is 0 Å². The molecule has 1 amide bonds. The maximum Gasteiger partial charge on any atom is 0.310 e. The molecule has 11 heteroatoms. The van der Waals surface area contributed by atoms with E-state index in [2.05, 4.69) is 10.6 Å². The number of benzene rings is 3. The first-order chi connectivity index (χ1) is 17.7. The summed E-state index contributed by atoms with van der Waals surface area (Å²) in [5.74, 6) is -0.723. The van der Waals surface area contributed by atoms with E-state index in [4.69, 9.17) is 25.8 Å². The van der Waals surface area contributed by atoms with Gasteiger partial charge >= 0.3 is 5.97 Å². The second-order valence-corrected chi connectivity index (χ2v) is 10.4. The van der Waals surface area contributed by atoms with E-state index >= 15 is 0 Å². The minimum absolute atomic E-state index is 0.0452. The first-order valence-electron chi connectivity index (χ1n) is 11.4. The number of fused-ring (bicyclic) bond motifs is 1. The molecule has 1 heterocycles. The highest BCUT2D eigenvalue weighted by Gasteiger charge is 2.30. The van der Waals surface area contributed by atoms with Crippen molar-refractivity contribution in [3.63, 3.8) is 0 Å². The van der Waals surface area contributed by atoms with Gasteiger partial charge in [0.1, 0.15) is 17.4 Å². The number of esters is 1. The number of carbonyl (C=O) groups excluding carboxylic acids is 2. The van der Waals surface area contributed by atoms with Gasteiger partial charge in [-0.25, -0.2) is 8.42 Å². The molecule has 0 spiro atoms. The molecule has 2 N–H and O–H groups in total. The van der Waals surface area contributed by atoms with Crippen LogP contribution in [0.1, 0.15) is 28.4 Å². The Hall–Kier alpha value is -3.60. The number of rotatable bonds is 8. The molecule has 37 heavy (non-hydrogen) atoms. The van der Waals surface area contributed by atoms with Crippen molar-refractivity contribution >= 4 is 44.7 Å². The lowest BCUT2D eigenvalue weighted by Crippen LogP contribution is -2.21. The molecule has 0 radical (unpaired) electrons. The molecule has 0 unspecified atom stereocenters. The van der Waals surface area contributed by atoms with Crippen LogP contribution in [0.5, 0.6) is 5.75 Å². The molecule has 0 bridgehead atoms. The molecule has 1 aliphatic rings. The summed E-state index contributed by atoms with van der Waals surface area (Å²) < 4.78 is 43.1. The number of methoxy groups -OCH3 is 1. The van der Waals surface area contributed by atoms with Crippen LogP contribution in [0.25, 0.3) is 0 Å². The average Bonchev–Trinajstić information content (AvgIpc) is 2.89. The van der Waals surface area contributed by atoms with E-state index in [0.717, 1.165) is 5.56 Å². The van der Waals surface area contributed by atoms with Crippen molar-refractivity contribution in [2.24, 2.45) is 0 Å². The molecule has 0 fully saturated rings. The van der Waals surface area contributed by atoms with Gasteiger partial charge in [0, 0.05) is 27.5 Å². The molecule has 0 atom stereocenters. The van der Waals surface area contributed by atoms with Crippen molar-refractivity contribution in [3.8, 4) is 5.75 Å². The van der Waals surface area contributed by atoms with Gasteiger partial charge in [0.25, 0.3) is 5.91 Å². The van der Waals surface area contributed by atoms with Crippen LogP contribution in [0.2, 0.25) is 5.02 Å². The lowest BCUT2D eigenvalue weighted by molar-refractivity contribution is -0.142. The minimum Gasteiger partial charge on any atom is -0.495 e. The van der Waals surface area contributed by atoms with Crippen LogP contribution in [0.4, 0.5) is 11.4 Å². The number of halogens is 1. The lowest BCUT2D eigenvalue weighted by atomic mass is 10.1. The molecule has 0 aromatic heterocycles. The molecular formula is C26H25ClN2O7S. The van der Waals surface area contributed by atoms with Gasteiger partial charge in [-0.3, -0.25) is 9.59 Å². The Morgan fingerprint density at radius 1 is 1.08 bits per heavy atom. The van der Waals surface area contributed by atoms with Gasteiger partial charge in [-0.15, -0.1) is 0 Å². The van der Waals surface area contributed by atoms with Crippen LogP contribution >= 0.6 is 11.6 Å². The molecule has 0 saturated carbocycles. The third kappa shape index (κ3) is 5.87. The predicted octanol–water partition coefficient (Wildman–Crippen LogP) is 4.44. The summed E-state index contributed by atoms with van der Waals surface area (Å²) in [4.78, 5) is 24.6. The van der Waals surface area contributed by atoms with Crippen molar-refractivity contribution in [1.29, 1.82) is 0 Å². The molecule has 9 nitrogen and oxygen atoms in total. The summed E-state index contributed by atoms with van der Waals surface area (Å²) in [5.41, 5.74) is 2.21. The van der Waals surface area contributed by atoms with E-state index in [1.165, 1.54) is 31.4 Å². The third-order valence-electron chi connectivity index (χ3n) is 5.65. The fraction of sp³-hybridized carbons (Fsp3) is 0.231. The number of amides is 1. The standard InChI is InChI=1S/C26H25ClN2O7S/c1-3-36-25(30)10-16-4-7-19(8-5-16)29-26(31)17-11-21-20(14-35-15-28-21)23(12-17)37(32,33)24-13-18(27)6-9-22(24)34-2/h4-9,11-13,28H,3,10,14-15H2,1-2H3,(H,29,31). The Morgan fingerprint density at radius 2 is 1.84 bits per heavy atom. The van der Waals surface area contributed by atoms with Gasteiger partial charge in [-0.1, -0.05) is 23.7 Å². The number of carbonyl (C=O) groups is 2. The van der Waals surface area contributed by atoms with Crippen LogP contribution in [-0.2, 0) is 37.1 Å². The number of sulfone groups is 1. The largest absolute Gasteiger partial charge is 0.495 e. The first kappa shape index (κ1) is 26.5. The van der Waals surface area contributed by atoms with Crippen molar-refractivity contribution in [2.75, 3.05) is 31.1 Å². The Kier molecular flexibility index (Phi) is 8.01. The number of nitrogens with one attached hydrogen (secondary N) is 2. The molecular weight excluding hydrogens is 520 g/mol. The number of ether oxygens (including phenoxy) is 3. The van der Waals surface area contributed by atoms with E-state index in [1.807, 2.05) is 0 Å². The predicted molar refractivity (Wildman–Crippen MR) is 138 cm³/mol. The number of hydrogen-bond acceptors (Lipinski definition) is 8. The monoisotopic (exact) mass is 544 g/mol. The van der Waals surface area contributed by atoms with Crippen molar-refractivity contribution in [1.82, 2.24) is 0 Å². The minimum atomic E-state index is -4.15. The molecule has 3 aromatic carbocycles. The molecule has 3 aromatic rings. The van der Waals surface area contributed by atoms with Crippen LogP contribution in [0.15, 0.2) is 64.4 Å². The summed E-state index contributed by atoms with van der Waals surface area (Å²) in [6.45, 7) is 2.25. The van der Waals surface area contributed by atoms with Gasteiger partial charge in [0.2, 0.25) is 9.84 Å². The maximum absolute atomic E-state index is 13.8. The van der Waals surface area contributed by atoms with Crippen molar-refractivity contribution in [3.05, 3.63) is 76.3 Å². The zero-order valence-electron chi connectivity index (χ0n) is 20.2. The molecule has 0 aliphatic carbocycles. The van der Waals surface area contributed by atoms with Gasteiger partial charge in [-0.2, -0.15) is 0 Å². The van der Waals surface area contributed by atoms with Gasteiger partial charge < -0.3 is 24.8 Å². The highest BCUT2D eigenvalue weighted by Crippen LogP contribution is 2.37.